The van der Waals surface area contributed by atoms with Gasteiger partial charge < -0.3 is 4.74 Å². The first-order valence-electron chi connectivity index (χ1n) is 6.04. The van der Waals surface area contributed by atoms with Crippen molar-refractivity contribution in [2.24, 2.45) is 5.92 Å². The summed E-state index contributed by atoms with van der Waals surface area (Å²) in [6, 6.07) is 1.59. The molecule has 4 atom stereocenters. The molecule has 0 amide bonds. The van der Waals surface area contributed by atoms with Gasteiger partial charge in [-0.2, -0.15) is 0 Å². The molecule has 1 aliphatic carbocycles. The Morgan fingerprint density at radius 2 is 2.00 bits per heavy atom. The van der Waals surface area contributed by atoms with Gasteiger partial charge in [0.15, 0.2) is 0 Å². The van der Waals surface area contributed by atoms with Crippen molar-refractivity contribution >= 4 is 0 Å². The van der Waals surface area contributed by atoms with Gasteiger partial charge in [-0.15, -0.1) is 0 Å². The van der Waals surface area contributed by atoms with Crippen molar-refractivity contribution in [3.8, 4) is 0 Å². The topological polar surface area (TPSA) is 12.5 Å². The Labute approximate surface area is 87.6 Å². The Hall–Kier alpha value is -0.0800. The van der Waals surface area contributed by atoms with Crippen LogP contribution in [-0.4, -0.2) is 35.7 Å². The average Bonchev–Trinajstić information content (AvgIpc) is 2.77. The number of nitrogens with zero attached hydrogens (tertiary/aromatic N) is 1. The Balaban J connectivity index is 1.90. The molecular formula is C12H23NO. The summed E-state index contributed by atoms with van der Waals surface area (Å²) in [6.45, 7) is 9.95. The van der Waals surface area contributed by atoms with Crippen LogP contribution >= 0.6 is 0 Å². The molecule has 0 unspecified atom stereocenters. The highest BCUT2D eigenvalue weighted by atomic mass is 16.5. The molecule has 2 rings (SSSR count). The van der Waals surface area contributed by atoms with Crippen molar-refractivity contribution in [2.75, 3.05) is 6.54 Å². The maximum Gasteiger partial charge on any atom is 0.0705 e. The lowest BCUT2D eigenvalue weighted by Gasteiger charge is -2.32. The van der Waals surface area contributed by atoms with Crippen LogP contribution in [0.4, 0.5) is 0 Å². The van der Waals surface area contributed by atoms with Gasteiger partial charge in [0, 0.05) is 12.1 Å². The number of rotatable bonds is 4. The molecular weight excluding hydrogens is 174 g/mol. The molecule has 0 bridgehead atoms. The van der Waals surface area contributed by atoms with E-state index in [1.54, 1.807) is 0 Å². The van der Waals surface area contributed by atoms with Crippen molar-refractivity contribution in [2.45, 2.75) is 64.8 Å². The highest BCUT2D eigenvalue weighted by Crippen LogP contribution is 2.48. The number of likely N-dealkylation sites (N-methyl/N-ethyl adjacent to an activating group) is 1. The van der Waals surface area contributed by atoms with E-state index in [4.69, 9.17) is 4.74 Å². The van der Waals surface area contributed by atoms with E-state index < -0.39 is 0 Å². The number of ether oxygens (including phenoxy) is 1. The number of piperidine rings is 1. The van der Waals surface area contributed by atoms with Crippen LogP contribution < -0.4 is 0 Å². The number of hydrogen-bond acceptors (Lipinski definition) is 2. The Bertz CT molecular complexity index is 204. The second-order valence-electron chi connectivity index (χ2n) is 5.09. The Morgan fingerprint density at radius 1 is 1.29 bits per heavy atom. The molecule has 2 aliphatic rings. The monoisotopic (exact) mass is 197 g/mol. The highest BCUT2D eigenvalue weighted by molar-refractivity contribution is 5.06. The van der Waals surface area contributed by atoms with E-state index >= 15 is 0 Å². The summed E-state index contributed by atoms with van der Waals surface area (Å²) < 4.78 is 5.89. The quantitative estimate of drug-likeness (QED) is 0.685. The zero-order valence-corrected chi connectivity index (χ0v) is 9.86. The summed E-state index contributed by atoms with van der Waals surface area (Å²) in [6.07, 6.45) is 3.58. The minimum absolute atomic E-state index is 0.362. The van der Waals surface area contributed by atoms with Crippen LogP contribution in [-0.2, 0) is 4.74 Å². The molecule has 0 aromatic carbocycles. The lowest BCUT2D eigenvalue weighted by molar-refractivity contribution is -0.0297. The summed E-state index contributed by atoms with van der Waals surface area (Å²) in [5, 5.41) is 0. The third-order valence-corrected chi connectivity index (χ3v) is 3.68. The molecule has 2 nitrogen and oxygen atoms in total. The maximum atomic E-state index is 5.89. The van der Waals surface area contributed by atoms with Crippen LogP contribution in [0.1, 0.15) is 40.5 Å². The van der Waals surface area contributed by atoms with Crippen LogP contribution in [0.25, 0.3) is 0 Å². The molecule has 1 aliphatic heterocycles. The first-order chi connectivity index (χ1) is 6.63. The van der Waals surface area contributed by atoms with Crippen LogP contribution in [0.3, 0.4) is 0 Å². The van der Waals surface area contributed by atoms with Crippen molar-refractivity contribution in [3.05, 3.63) is 0 Å². The first-order valence-corrected chi connectivity index (χ1v) is 6.04. The predicted molar refractivity (Wildman–Crippen MR) is 58.4 cm³/mol. The summed E-state index contributed by atoms with van der Waals surface area (Å²) >= 11 is 0. The second-order valence-corrected chi connectivity index (χ2v) is 5.09. The third-order valence-electron chi connectivity index (χ3n) is 3.68. The number of likely N-dealkylation sites (tertiary alicyclic amines) is 1. The number of hydrogen-bond donors (Lipinski definition) is 0. The van der Waals surface area contributed by atoms with E-state index in [2.05, 4.69) is 32.6 Å². The van der Waals surface area contributed by atoms with Crippen LogP contribution in [0, 0.1) is 5.92 Å². The third kappa shape index (κ3) is 1.82. The average molecular weight is 197 g/mol. The molecule has 0 aromatic heterocycles. The van der Waals surface area contributed by atoms with Crippen LogP contribution in [0.5, 0.6) is 0 Å². The van der Waals surface area contributed by atoms with Gasteiger partial charge in [0.1, 0.15) is 0 Å². The minimum atomic E-state index is 0.362. The zero-order chi connectivity index (χ0) is 10.3. The second kappa shape index (κ2) is 3.82. The van der Waals surface area contributed by atoms with Crippen molar-refractivity contribution in [1.82, 2.24) is 4.90 Å². The lowest BCUT2D eigenvalue weighted by Crippen LogP contribution is -2.42. The van der Waals surface area contributed by atoms with E-state index in [0.717, 1.165) is 12.0 Å². The van der Waals surface area contributed by atoms with Gasteiger partial charge in [0.25, 0.3) is 0 Å². The molecule has 0 N–H and O–H groups in total. The van der Waals surface area contributed by atoms with E-state index in [1.165, 1.54) is 19.4 Å². The van der Waals surface area contributed by atoms with Crippen LogP contribution in [0.2, 0.25) is 0 Å². The molecule has 0 spiro atoms. The van der Waals surface area contributed by atoms with Gasteiger partial charge in [-0.05, 0) is 46.1 Å². The Kier molecular flexibility index (Phi) is 2.85. The minimum Gasteiger partial charge on any atom is -0.374 e. The largest absolute Gasteiger partial charge is 0.374 e. The molecule has 2 fully saturated rings. The van der Waals surface area contributed by atoms with Gasteiger partial charge in [0.05, 0.1) is 12.2 Å². The first kappa shape index (κ1) is 10.4. The molecule has 0 aromatic rings. The summed E-state index contributed by atoms with van der Waals surface area (Å²) in [5.41, 5.74) is 0. The molecule has 14 heavy (non-hydrogen) atoms. The van der Waals surface area contributed by atoms with Crippen LogP contribution in [0.15, 0.2) is 0 Å². The normalized spacial score (nSPS) is 38.8. The summed E-state index contributed by atoms with van der Waals surface area (Å²) in [4.78, 5) is 2.65. The van der Waals surface area contributed by atoms with E-state index in [0.29, 0.717) is 18.2 Å². The lowest BCUT2D eigenvalue weighted by atomic mass is 10.1. The predicted octanol–water partition coefficient (Wildman–Crippen LogP) is 2.28. The highest BCUT2D eigenvalue weighted by Gasteiger charge is 2.52. The molecule has 1 saturated heterocycles. The fraction of sp³-hybridized carbons (Fsp3) is 1.00. The zero-order valence-electron chi connectivity index (χ0n) is 9.86. The van der Waals surface area contributed by atoms with Gasteiger partial charge in [0.2, 0.25) is 0 Å². The summed E-state index contributed by atoms with van der Waals surface area (Å²) in [7, 11) is 0. The van der Waals surface area contributed by atoms with Gasteiger partial charge in [-0.25, -0.2) is 0 Å². The van der Waals surface area contributed by atoms with Gasteiger partial charge in [-0.1, -0.05) is 6.92 Å². The molecule has 1 saturated carbocycles. The van der Waals surface area contributed by atoms with E-state index in [-0.39, 0.29) is 0 Å². The standard InChI is InChI=1S/C12H23NO/c1-5-13-11(6-10-7-12(10)13)9(4)14-8(2)3/h8-12H,5-7H2,1-4H3/t9-,10+,11-,12-/m0/s1. The van der Waals surface area contributed by atoms with E-state index in [1.807, 2.05) is 0 Å². The fourth-order valence-corrected chi connectivity index (χ4v) is 3.03. The maximum absolute atomic E-state index is 5.89. The molecule has 1 heterocycles. The van der Waals surface area contributed by atoms with E-state index in [9.17, 15) is 0 Å². The Morgan fingerprint density at radius 3 is 2.57 bits per heavy atom. The SMILES string of the molecule is CCN1[C@H]2C[C@H]2C[C@H]1[C@H](C)OC(C)C. The van der Waals surface area contributed by atoms with Crippen molar-refractivity contribution in [1.29, 1.82) is 0 Å². The van der Waals surface area contributed by atoms with Crippen molar-refractivity contribution < 1.29 is 4.74 Å². The van der Waals surface area contributed by atoms with Crippen molar-refractivity contribution in [3.63, 3.8) is 0 Å². The molecule has 82 valence electrons. The molecule has 0 radical (unpaired) electrons. The smallest absolute Gasteiger partial charge is 0.0705 e. The fourth-order valence-electron chi connectivity index (χ4n) is 3.03. The summed E-state index contributed by atoms with van der Waals surface area (Å²) in [5.74, 6) is 0.998. The number of fused-ring (bicyclic) bond motifs is 1. The van der Waals surface area contributed by atoms with Gasteiger partial charge in [-0.3, -0.25) is 4.90 Å². The molecule has 2 heteroatoms. The van der Waals surface area contributed by atoms with Gasteiger partial charge >= 0.3 is 0 Å².